The van der Waals surface area contributed by atoms with Crippen molar-refractivity contribution in [2.45, 2.75) is 6.54 Å². The summed E-state index contributed by atoms with van der Waals surface area (Å²) in [4.78, 5) is 12.3. The maximum Gasteiger partial charge on any atom is 0.280 e. The lowest BCUT2D eigenvalue weighted by Gasteiger charge is -2.06. The zero-order chi connectivity index (χ0) is 18.0. The number of nitrogen functional groups attached to an aromatic ring is 1. The van der Waals surface area contributed by atoms with E-state index in [1.54, 1.807) is 12.1 Å². The number of carbonyl (C=O) groups is 1. The number of hydrogen-bond acceptors (Lipinski definition) is 4. The molecule has 3 rings (SSSR count). The van der Waals surface area contributed by atoms with Crippen molar-refractivity contribution in [2.24, 2.45) is 0 Å². The third-order valence-electron chi connectivity index (χ3n) is 3.41. The van der Waals surface area contributed by atoms with Crippen LogP contribution in [0.3, 0.4) is 0 Å². The van der Waals surface area contributed by atoms with Crippen LogP contribution < -0.4 is 11.1 Å². The molecule has 3 N–H and O–H groups in total. The van der Waals surface area contributed by atoms with Crippen molar-refractivity contribution >= 4 is 40.6 Å². The third kappa shape index (κ3) is 3.89. The first-order chi connectivity index (χ1) is 11.9. The fraction of sp³-hybridized carbons (Fsp3) is 0.0625. The molecule has 3 aromatic rings. The van der Waals surface area contributed by atoms with E-state index in [4.69, 9.17) is 28.9 Å². The molecule has 0 aliphatic carbocycles. The number of amides is 1. The second-order valence-corrected chi connectivity index (χ2v) is 6.03. The monoisotopic (exact) mass is 379 g/mol. The van der Waals surface area contributed by atoms with Gasteiger partial charge in [0.05, 0.1) is 11.6 Å². The van der Waals surface area contributed by atoms with Crippen LogP contribution in [0.15, 0.2) is 42.5 Å². The first-order valence-corrected chi connectivity index (χ1v) is 7.89. The van der Waals surface area contributed by atoms with Crippen LogP contribution in [0.25, 0.3) is 0 Å². The predicted octanol–water partition coefficient (Wildman–Crippen LogP) is 3.61. The van der Waals surface area contributed by atoms with Crippen molar-refractivity contribution in [2.75, 3.05) is 11.1 Å². The zero-order valence-electron chi connectivity index (χ0n) is 12.7. The van der Waals surface area contributed by atoms with Crippen molar-refractivity contribution in [3.05, 3.63) is 69.6 Å². The van der Waals surface area contributed by atoms with Gasteiger partial charge in [0.1, 0.15) is 5.82 Å². The van der Waals surface area contributed by atoms with E-state index in [0.29, 0.717) is 17.3 Å². The quantitative estimate of drug-likeness (QED) is 0.724. The van der Waals surface area contributed by atoms with Gasteiger partial charge in [0.25, 0.3) is 5.91 Å². The molecule has 9 heteroatoms. The second kappa shape index (κ2) is 7.08. The molecule has 1 heterocycles. The summed E-state index contributed by atoms with van der Waals surface area (Å²) in [7, 11) is 0. The van der Waals surface area contributed by atoms with Crippen molar-refractivity contribution < 1.29 is 9.18 Å². The van der Waals surface area contributed by atoms with Gasteiger partial charge in [0.2, 0.25) is 0 Å². The Hall–Kier alpha value is -2.64. The molecule has 0 atom stereocenters. The molecule has 1 aromatic heterocycles. The van der Waals surface area contributed by atoms with Gasteiger partial charge >= 0.3 is 0 Å². The number of rotatable bonds is 4. The number of aromatic nitrogens is 3. The number of carbonyl (C=O) groups excluding carboxylic acids is 1. The number of nitrogens with two attached hydrogens (primary N) is 1. The predicted molar refractivity (Wildman–Crippen MR) is 94.4 cm³/mol. The Morgan fingerprint density at radius 2 is 1.92 bits per heavy atom. The zero-order valence-corrected chi connectivity index (χ0v) is 14.2. The van der Waals surface area contributed by atoms with Crippen molar-refractivity contribution in [1.82, 2.24) is 15.0 Å². The van der Waals surface area contributed by atoms with Crippen LogP contribution in [0.1, 0.15) is 16.1 Å². The van der Waals surface area contributed by atoms with E-state index >= 15 is 0 Å². The molecule has 0 bridgehead atoms. The van der Waals surface area contributed by atoms with E-state index in [-0.39, 0.29) is 16.5 Å². The van der Waals surface area contributed by atoms with E-state index in [1.807, 2.05) is 12.1 Å². The highest BCUT2D eigenvalue weighted by atomic mass is 35.5. The van der Waals surface area contributed by atoms with Gasteiger partial charge in [0.15, 0.2) is 11.5 Å². The Morgan fingerprint density at radius 1 is 1.20 bits per heavy atom. The SMILES string of the molecule is Nc1c(C(=O)Nc2ccc(F)c(Cl)c2)nnn1Cc1ccc(Cl)cc1. The highest BCUT2D eigenvalue weighted by Gasteiger charge is 2.18. The molecule has 25 heavy (non-hydrogen) atoms. The molecule has 0 unspecified atom stereocenters. The first-order valence-electron chi connectivity index (χ1n) is 7.14. The lowest BCUT2D eigenvalue weighted by Crippen LogP contribution is -2.15. The van der Waals surface area contributed by atoms with Gasteiger partial charge in [0, 0.05) is 10.7 Å². The molecular weight excluding hydrogens is 368 g/mol. The molecule has 0 aliphatic rings. The minimum atomic E-state index is -0.576. The molecule has 0 fully saturated rings. The molecule has 0 saturated heterocycles. The van der Waals surface area contributed by atoms with Gasteiger partial charge in [-0.1, -0.05) is 40.5 Å². The summed E-state index contributed by atoms with van der Waals surface area (Å²) < 4.78 is 14.6. The van der Waals surface area contributed by atoms with Crippen molar-refractivity contribution in [3.63, 3.8) is 0 Å². The normalized spacial score (nSPS) is 10.7. The van der Waals surface area contributed by atoms with Crippen LogP contribution >= 0.6 is 23.2 Å². The fourth-order valence-electron chi connectivity index (χ4n) is 2.13. The Bertz CT molecular complexity index is 927. The molecular formula is C16H12Cl2FN5O. The van der Waals surface area contributed by atoms with Crippen LogP contribution in [-0.4, -0.2) is 20.9 Å². The molecule has 2 aromatic carbocycles. The van der Waals surface area contributed by atoms with Crippen LogP contribution in [0.4, 0.5) is 15.9 Å². The molecule has 0 saturated carbocycles. The summed E-state index contributed by atoms with van der Waals surface area (Å²) >= 11 is 11.5. The molecule has 0 radical (unpaired) electrons. The first kappa shape index (κ1) is 17.2. The summed E-state index contributed by atoms with van der Waals surface area (Å²) in [5.74, 6) is -1.03. The van der Waals surface area contributed by atoms with Crippen LogP contribution in [0.2, 0.25) is 10.0 Å². The number of benzene rings is 2. The van der Waals surface area contributed by atoms with Crippen LogP contribution in [-0.2, 0) is 6.54 Å². The van der Waals surface area contributed by atoms with Gasteiger partial charge in [-0.15, -0.1) is 5.10 Å². The molecule has 128 valence electrons. The fourth-order valence-corrected chi connectivity index (χ4v) is 2.43. The van der Waals surface area contributed by atoms with Crippen LogP contribution in [0, 0.1) is 5.82 Å². The lowest BCUT2D eigenvalue weighted by atomic mass is 10.2. The molecule has 6 nitrogen and oxygen atoms in total. The summed E-state index contributed by atoms with van der Waals surface area (Å²) in [6.45, 7) is 0.339. The van der Waals surface area contributed by atoms with Gasteiger partial charge < -0.3 is 11.1 Å². The van der Waals surface area contributed by atoms with E-state index < -0.39 is 11.7 Å². The Morgan fingerprint density at radius 3 is 2.60 bits per heavy atom. The van der Waals surface area contributed by atoms with Crippen LogP contribution in [0.5, 0.6) is 0 Å². The Balaban J connectivity index is 1.76. The Kier molecular flexibility index (Phi) is 4.87. The minimum absolute atomic E-state index is 0.0330. The molecule has 0 aliphatic heterocycles. The van der Waals surface area contributed by atoms with E-state index in [0.717, 1.165) is 11.6 Å². The highest BCUT2D eigenvalue weighted by Crippen LogP contribution is 2.20. The lowest BCUT2D eigenvalue weighted by molar-refractivity contribution is 0.102. The standard InChI is InChI=1S/C16H12Cl2FN5O/c17-10-3-1-9(2-4-10)8-24-15(20)14(22-23-24)16(25)21-11-5-6-13(19)12(18)7-11/h1-7H,8,20H2,(H,21,25). The van der Waals surface area contributed by atoms with Gasteiger partial charge in [-0.2, -0.15) is 0 Å². The molecule has 1 amide bonds. The summed E-state index contributed by atoms with van der Waals surface area (Å²) in [5, 5.41) is 10.8. The third-order valence-corrected chi connectivity index (χ3v) is 3.95. The number of nitrogens with one attached hydrogen (secondary N) is 1. The van der Waals surface area contributed by atoms with Gasteiger partial charge in [-0.25, -0.2) is 9.07 Å². The minimum Gasteiger partial charge on any atom is -0.382 e. The summed E-state index contributed by atoms with van der Waals surface area (Å²) in [6.07, 6.45) is 0. The smallest absolute Gasteiger partial charge is 0.280 e. The Labute approximate surface area is 152 Å². The average Bonchev–Trinajstić information content (AvgIpc) is 2.94. The number of anilines is 2. The van der Waals surface area contributed by atoms with Crippen molar-refractivity contribution in [1.29, 1.82) is 0 Å². The average molecular weight is 380 g/mol. The number of nitrogens with zero attached hydrogens (tertiary/aromatic N) is 3. The highest BCUT2D eigenvalue weighted by molar-refractivity contribution is 6.31. The number of hydrogen-bond donors (Lipinski definition) is 2. The van der Waals surface area contributed by atoms with E-state index in [2.05, 4.69) is 15.6 Å². The van der Waals surface area contributed by atoms with Gasteiger partial charge in [-0.3, -0.25) is 4.79 Å². The summed E-state index contributed by atoms with van der Waals surface area (Å²) in [6, 6.07) is 11.0. The largest absolute Gasteiger partial charge is 0.382 e. The van der Waals surface area contributed by atoms with E-state index in [1.165, 1.54) is 16.8 Å². The maximum atomic E-state index is 13.2. The van der Waals surface area contributed by atoms with Gasteiger partial charge in [-0.05, 0) is 35.9 Å². The van der Waals surface area contributed by atoms with Crippen molar-refractivity contribution in [3.8, 4) is 0 Å². The summed E-state index contributed by atoms with van der Waals surface area (Å²) in [5.41, 5.74) is 7.15. The van der Waals surface area contributed by atoms with E-state index in [9.17, 15) is 9.18 Å². The topological polar surface area (TPSA) is 85.8 Å². The molecule has 0 spiro atoms. The maximum absolute atomic E-state index is 13.2. The number of halogens is 3. The second-order valence-electron chi connectivity index (χ2n) is 5.19.